The highest BCUT2D eigenvalue weighted by Gasteiger charge is 2.21. The van der Waals surface area contributed by atoms with Gasteiger partial charge in [-0.05, 0) is 56.4 Å². The van der Waals surface area contributed by atoms with Gasteiger partial charge in [0.15, 0.2) is 17.5 Å². The summed E-state index contributed by atoms with van der Waals surface area (Å²) in [4.78, 5) is 15.3. The number of aromatic nitrogens is 3. The van der Waals surface area contributed by atoms with Crippen molar-refractivity contribution >= 4 is 43.5 Å². The van der Waals surface area contributed by atoms with Crippen molar-refractivity contribution in [3.63, 3.8) is 0 Å². The summed E-state index contributed by atoms with van der Waals surface area (Å²) in [5.41, 5.74) is 8.86. The number of rotatable bonds is 5. The summed E-state index contributed by atoms with van der Waals surface area (Å²) in [6.45, 7) is 0. The van der Waals surface area contributed by atoms with E-state index < -0.39 is 0 Å². The molecule has 4 nitrogen and oxygen atoms in total. The Morgan fingerprint density at radius 3 is 1.55 bits per heavy atom. The number of hydrogen-bond acceptors (Lipinski definition) is 4. The van der Waals surface area contributed by atoms with Crippen LogP contribution >= 0.6 is 0 Å². The summed E-state index contributed by atoms with van der Waals surface area (Å²) < 4.78 is 6.69. The minimum absolute atomic E-state index is 0.595. The second-order valence-corrected chi connectivity index (χ2v) is 12.8. The molecule has 4 heteroatoms. The van der Waals surface area contributed by atoms with Gasteiger partial charge in [0.1, 0.15) is 11.2 Å². The number of furan rings is 1. The summed E-state index contributed by atoms with van der Waals surface area (Å²) in [5.74, 6) is 1.83. The van der Waals surface area contributed by atoms with Crippen LogP contribution in [0.1, 0.15) is 0 Å². The fourth-order valence-electron chi connectivity index (χ4n) is 7.30. The van der Waals surface area contributed by atoms with Crippen molar-refractivity contribution < 1.29 is 4.42 Å². The largest absolute Gasteiger partial charge is 0.455 e. The van der Waals surface area contributed by atoms with Gasteiger partial charge in [0.2, 0.25) is 0 Å². The van der Waals surface area contributed by atoms with Crippen molar-refractivity contribution in [2.75, 3.05) is 0 Å². The van der Waals surface area contributed by atoms with Gasteiger partial charge in [0, 0.05) is 33.0 Å². The number of benzene rings is 8. The zero-order chi connectivity index (χ0) is 33.7. The Balaban J connectivity index is 1.18. The lowest BCUT2D eigenvalue weighted by atomic mass is 9.94. The summed E-state index contributed by atoms with van der Waals surface area (Å²) in [6.07, 6.45) is 0. The first-order valence-corrected chi connectivity index (χ1v) is 17.1. The van der Waals surface area contributed by atoms with Gasteiger partial charge in [-0.3, -0.25) is 0 Å². The summed E-state index contributed by atoms with van der Waals surface area (Å²) in [7, 11) is 0. The first-order valence-electron chi connectivity index (χ1n) is 17.1. The molecular formula is C47H29N3O. The van der Waals surface area contributed by atoms with E-state index in [1.807, 2.05) is 42.5 Å². The molecule has 0 saturated carbocycles. The highest BCUT2D eigenvalue weighted by Crippen LogP contribution is 2.43. The SMILES string of the molecule is c1ccc(-c2nc(-c3ccc(-c4cccc5ccccc45)cc3)nc(-c3ccc(-c4cccc5ccccc45)c4oc5ccccc5c34)n2)cc1. The van der Waals surface area contributed by atoms with Crippen LogP contribution in [0, 0.1) is 0 Å². The van der Waals surface area contributed by atoms with Gasteiger partial charge in [-0.2, -0.15) is 0 Å². The predicted molar refractivity (Wildman–Crippen MR) is 209 cm³/mol. The average molecular weight is 652 g/mol. The molecule has 2 heterocycles. The molecule has 51 heavy (non-hydrogen) atoms. The van der Waals surface area contributed by atoms with E-state index in [0.717, 1.165) is 55.3 Å². The van der Waals surface area contributed by atoms with E-state index in [1.54, 1.807) is 0 Å². The molecule has 0 aliphatic rings. The van der Waals surface area contributed by atoms with Crippen LogP contribution in [0.2, 0.25) is 0 Å². The molecule has 0 atom stereocenters. The summed E-state index contributed by atoms with van der Waals surface area (Å²) in [5, 5.41) is 6.81. The summed E-state index contributed by atoms with van der Waals surface area (Å²) in [6, 6.07) is 61.0. The molecule has 238 valence electrons. The Morgan fingerprint density at radius 2 is 0.824 bits per heavy atom. The average Bonchev–Trinajstić information content (AvgIpc) is 3.60. The van der Waals surface area contributed by atoms with E-state index in [2.05, 4.69) is 133 Å². The fourth-order valence-corrected chi connectivity index (χ4v) is 7.30. The Kier molecular flexibility index (Phi) is 6.78. The van der Waals surface area contributed by atoms with Crippen molar-refractivity contribution in [2.24, 2.45) is 0 Å². The van der Waals surface area contributed by atoms with Crippen molar-refractivity contribution in [2.45, 2.75) is 0 Å². The molecule has 0 aliphatic heterocycles. The molecule has 0 bridgehead atoms. The molecule has 2 aromatic heterocycles. The Labute approximate surface area is 294 Å². The van der Waals surface area contributed by atoms with Crippen molar-refractivity contribution in [3.05, 3.63) is 176 Å². The van der Waals surface area contributed by atoms with E-state index in [-0.39, 0.29) is 0 Å². The van der Waals surface area contributed by atoms with Gasteiger partial charge in [-0.1, -0.05) is 158 Å². The van der Waals surface area contributed by atoms with Crippen LogP contribution in [0.25, 0.3) is 99.9 Å². The van der Waals surface area contributed by atoms with Crippen LogP contribution < -0.4 is 0 Å². The van der Waals surface area contributed by atoms with Gasteiger partial charge >= 0.3 is 0 Å². The molecular weight excluding hydrogens is 623 g/mol. The maximum Gasteiger partial charge on any atom is 0.164 e. The second kappa shape index (κ2) is 11.9. The van der Waals surface area contributed by atoms with Crippen LogP contribution in [-0.2, 0) is 0 Å². The quantitative estimate of drug-likeness (QED) is 0.186. The van der Waals surface area contributed by atoms with Gasteiger partial charge in [0.25, 0.3) is 0 Å². The van der Waals surface area contributed by atoms with Gasteiger partial charge in [-0.25, -0.2) is 15.0 Å². The third-order valence-electron chi connectivity index (χ3n) is 9.76. The summed E-state index contributed by atoms with van der Waals surface area (Å²) >= 11 is 0. The van der Waals surface area contributed by atoms with E-state index in [4.69, 9.17) is 19.4 Å². The van der Waals surface area contributed by atoms with Crippen molar-refractivity contribution in [1.29, 1.82) is 0 Å². The number of fused-ring (bicyclic) bond motifs is 5. The maximum atomic E-state index is 6.69. The molecule has 0 unspecified atom stereocenters. The predicted octanol–water partition coefficient (Wildman–Crippen LogP) is 12.4. The van der Waals surface area contributed by atoms with E-state index in [0.29, 0.717) is 17.5 Å². The maximum absolute atomic E-state index is 6.69. The lowest BCUT2D eigenvalue weighted by Crippen LogP contribution is -2.00. The van der Waals surface area contributed by atoms with E-state index in [9.17, 15) is 0 Å². The molecule has 0 N–H and O–H groups in total. The zero-order valence-electron chi connectivity index (χ0n) is 27.5. The van der Waals surface area contributed by atoms with Gasteiger partial charge in [0.05, 0.1) is 0 Å². The van der Waals surface area contributed by atoms with E-state index in [1.165, 1.54) is 27.1 Å². The van der Waals surface area contributed by atoms with Gasteiger partial charge < -0.3 is 4.42 Å². The standard InChI is InChI=1S/C47H29N3O/c1-2-14-33(15-3-1)45-48-46(34-26-24-32(25-27-34)36-21-10-16-30-12-4-6-18-35(30)36)50-47(49-45)41-29-28-39(38-22-11-17-31-13-5-7-19-37(31)38)44-43(41)40-20-8-9-23-42(40)51-44/h1-29H. The zero-order valence-corrected chi connectivity index (χ0v) is 27.5. The monoisotopic (exact) mass is 651 g/mol. The normalized spacial score (nSPS) is 11.5. The van der Waals surface area contributed by atoms with Crippen LogP contribution in [-0.4, -0.2) is 15.0 Å². The topological polar surface area (TPSA) is 51.8 Å². The lowest BCUT2D eigenvalue weighted by molar-refractivity contribution is 0.670. The first kappa shape index (κ1) is 29.0. The highest BCUT2D eigenvalue weighted by atomic mass is 16.3. The third kappa shape index (κ3) is 4.96. The molecule has 0 saturated heterocycles. The van der Waals surface area contributed by atoms with Crippen molar-refractivity contribution in [3.8, 4) is 56.4 Å². The Morgan fingerprint density at radius 1 is 0.314 bits per heavy atom. The smallest absolute Gasteiger partial charge is 0.164 e. The number of hydrogen-bond donors (Lipinski definition) is 0. The van der Waals surface area contributed by atoms with Gasteiger partial charge in [-0.15, -0.1) is 0 Å². The molecule has 0 amide bonds. The molecule has 0 aliphatic carbocycles. The third-order valence-corrected chi connectivity index (χ3v) is 9.76. The minimum atomic E-state index is 0.595. The van der Waals surface area contributed by atoms with Crippen molar-refractivity contribution in [1.82, 2.24) is 15.0 Å². The molecule has 0 fully saturated rings. The minimum Gasteiger partial charge on any atom is -0.455 e. The number of nitrogens with zero attached hydrogens (tertiary/aromatic N) is 3. The molecule has 10 aromatic rings. The first-order chi connectivity index (χ1) is 25.3. The van der Waals surface area contributed by atoms with Crippen LogP contribution in [0.5, 0.6) is 0 Å². The van der Waals surface area contributed by atoms with Crippen LogP contribution in [0.15, 0.2) is 180 Å². The molecule has 8 aromatic carbocycles. The number of para-hydroxylation sites is 1. The van der Waals surface area contributed by atoms with Crippen LogP contribution in [0.3, 0.4) is 0 Å². The molecule has 0 spiro atoms. The Hall–Kier alpha value is -6.91. The fraction of sp³-hybridized carbons (Fsp3) is 0. The lowest BCUT2D eigenvalue weighted by Gasteiger charge is -2.12. The second-order valence-electron chi connectivity index (χ2n) is 12.8. The highest BCUT2D eigenvalue weighted by molar-refractivity contribution is 6.17. The Bertz CT molecular complexity index is 2900. The molecule has 10 rings (SSSR count). The molecule has 0 radical (unpaired) electrons. The van der Waals surface area contributed by atoms with E-state index >= 15 is 0 Å². The van der Waals surface area contributed by atoms with Crippen LogP contribution in [0.4, 0.5) is 0 Å².